The lowest BCUT2D eigenvalue weighted by atomic mass is 10.2. The van der Waals surface area contributed by atoms with E-state index in [1.807, 2.05) is 18.2 Å². The lowest BCUT2D eigenvalue weighted by molar-refractivity contribution is 0.397. The fourth-order valence-corrected chi connectivity index (χ4v) is 1.63. The number of rotatable bonds is 4. The Bertz CT molecular complexity index is 317. The first kappa shape index (κ1) is 11.2. The molecule has 1 aromatic heterocycles. The summed E-state index contributed by atoms with van der Waals surface area (Å²) in [6.07, 6.45) is 3.11. The van der Waals surface area contributed by atoms with Gasteiger partial charge in [0.05, 0.1) is 12.8 Å². The molecule has 3 heteroatoms. The molecule has 0 fully saturated rings. The van der Waals surface area contributed by atoms with E-state index in [9.17, 15) is 0 Å². The van der Waals surface area contributed by atoms with E-state index < -0.39 is 0 Å². The molecule has 0 unspecified atom stereocenters. The number of alkyl halides is 1. The molecule has 2 nitrogen and oxygen atoms in total. The minimum atomic E-state index is 0.656. The monoisotopic (exact) mass is 255 g/mol. The molecule has 76 valence electrons. The van der Waals surface area contributed by atoms with Crippen molar-refractivity contribution in [2.24, 2.45) is 0 Å². The van der Waals surface area contributed by atoms with Gasteiger partial charge in [-0.25, -0.2) is 4.98 Å². The quantitative estimate of drug-likeness (QED) is 0.771. The van der Waals surface area contributed by atoms with Crippen molar-refractivity contribution >= 4 is 22.0 Å². The maximum Gasteiger partial charge on any atom is 0.213 e. The molecule has 14 heavy (non-hydrogen) atoms. The maximum atomic E-state index is 5.05. The van der Waals surface area contributed by atoms with Gasteiger partial charge in [-0.1, -0.05) is 34.5 Å². The highest BCUT2D eigenvalue weighted by atomic mass is 79.9. The summed E-state index contributed by atoms with van der Waals surface area (Å²) in [6.45, 7) is 2.13. The summed E-state index contributed by atoms with van der Waals surface area (Å²) in [5, 5.41) is 0.891. The van der Waals surface area contributed by atoms with Crippen LogP contribution < -0.4 is 4.74 Å². The molecule has 0 spiro atoms. The van der Waals surface area contributed by atoms with Crippen LogP contribution in [-0.4, -0.2) is 17.4 Å². The number of halogens is 1. The van der Waals surface area contributed by atoms with Gasteiger partial charge in [-0.3, -0.25) is 0 Å². The van der Waals surface area contributed by atoms with Crippen molar-refractivity contribution in [3.63, 3.8) is 0 Å². The molecule has 0 bridgehead atoms. The van der Waals surface area contributed by atoms with Crippen LogP contribution in [0.15, 0.2) is 23.8 Å². The van der Waals surface area contributed by atoms with E-state index in [1.54, 1.807) is 7.11 Å². The zero-order valence-electron chi connectivity index (χ0n) is 8.46. The first-order chi connectivity index (χ1) is 6.80. The molecule has 0 aromatic carbocycles. The fourth-order valence-electron chi connectivity index (χ4n) is 1.07. The van der Waals surface area contributed by atoms with Crippen LogP contribution in [-0.2, 0) is 0 Å². The Morgan fingerprint density at radius 3 is 2.93 bits per heavy atom. The second-order valence-corrected chi connectivity index (χ2v) is 3.46. The average molecular weight is 256 g/mol. The van der Waals surface area contributed by atoms with E-state index in [4.69, 9.17) is 4.74 Å². The normalized spacial score (nSPS) is 11.5. The summed E-state index contributed by atoms with van der Waals surface area (Å²) in [7, 11) is 1.63. The van der Waals surface area contributed by atoms with Crippen LogP contribution in [0.2, 0.25) is 0 Å². The molecule has 1 rings (SSSR count). The van der Waals surface area contributed by atoms with Crippen LogP contribution in [0.5, 0.6) is 5.88 Å². The number of aromatic nitrogens is 1. The second kappa shape index (κ2) is 5.81. The first-order valence-electron chi connectivity index (χ1n) is 4.56. The van der Waals surface area contributed by atoms with E-state index in [1.165, 1.54) is 5.57 Å². The Hall–Kier alpha value is -0.830. The fraction of sp³-hybridized carbons (Fsp3) is 0.364. The minimum Gasteiger partial charge on any atom is -0.481 e. The Morgan fingerprint density at radius 1 is 1.57 bits per heavy atom. The highest BCUT2D eigenvalue weighted by Gasteiger charge is 1.96. The second-order valence-electron chi connectivity index (χ2n) is 2.89. The third kappa shape index (κ3) is 3.14. The van der Waals surface area contributed by atoms with Gasteiger partial charge < -0.3 is 4.74 Å². The third-order valence-corrected chi connectivity index (χ3v) is 2.65. The van der Waals surface area contributed by atoms with Crippen molar-refractivity contribution in [3.05, 3.63) is 29.5 Å². The van der Waals surface area contributed by atoms with E-state index in [0.29, 0.717) is 5.88 Å². The van der Waals surface area contributed by atoms with Crippen molar-refractivity contribution < 1.29 is 4.74 Å². The number of methoxy groups -OCH3 is 1. The van der Waals surface area contributed by atoms with Gasteiger partial charge in [-0.2, -0.15) is 0 Å². The van der Waals surface area contributed by atoms with Crippen molar-refractivity contribution in [2.75, 3.05) is 12.4 Å². The molecule has 0 radical (unpaired) electrons. The largest absolute Gasteiger partial charge is 0.481 e. The van der Waals surface area contributed by atoms with Gasteiger partial charge in [0.15, 0.2) is 0 Å². The van der Waals surface area contributed by atoms with Gasteiger partial charge in [0.25, 0.3) is 0 Å². The zero-order valence-corrected chi connectivity index (χ0v) is 10.0. The van der Waals surface area contributed by atoms with Crippen molar-refractivity contribution in [2.45, 2.75) is 13.3 Å². The summed E-state index contributed by atoms with van der Waals surface area (Å²) in [5.41, 5.74) is 2.27. The molecule has 0 aliphatic rings. The molecule has 0 saturated carbocycles. The van der Waals surface area contributed by atoms with Crippen molar-refractivity contribution in [3.8, 4) is 5.88 Å². The van der Waals surface area contributed by atoms with Gasteiger partial charge >= 0.3 is 0 Å². The van der Waals surface area contributed by atoms with E-state index in [-0.39, 0.29) is 0 Å². The Morgan fingerprint density at radius 2 is 2.36 bits per heavy atom. The topological polar surface area (TPSA) is 22.1 Å². The van der Waals surface area contributed by atoms with Crippen molar-refractivity contribution in [1.82, 2.24) is 4.98 Å². The SMILES string of the molecule is CC/C(=C/c1cccc(OC)n1)CBr. The molecular weight excluding hydrogens is 242 g/mol. The number of hydrogen-bond acceptors (Lipinski definition) is 2. The third-order valence-electron chi connectivity index (χ3n) is 1.93. The van der Waals surface area contributed by atoms with Gasteiger partial charge in [0.1, 0.15) is 0 Å². The summed E-state index contributed by atoms with van der Waals surface area (Å²) in [4.78, 5) is 4.31. The molecule has 0 aliphatic heterocycles. The lowest BCUT2D eigenvalue weighted by Gasteiger charge is -2.01. The standard InChI is InChI=1S/C11H14BrNO/c1-3-9(8-12)7-10-5-4-6-11(13-10)14-2/h4-7H,3,8H2,1-2H3/b9-7-. The predicted molar refractivity (Wildman–Crippen MR) is 62.9 cm³/mol. The number of ether oxygens (including phenoxy) is 1. The Kier molecular flexibility index (Phi) is 4.66. The highest BCUT2D eigenvalue weighted by molar-refractivity contribution is 9.09. The molecule has 0 atom stereocenters. The molecule has 1 heterocycles. The summed E-state index contributed by atoms with van der Waals surface area (Å²) in [6, 6.07) is 5.76. The lowest BCUT2D eigenvalue weighted by Crippen LogP contribution is -1.90. The number of nitrogens with zero attached hydrogens (tertiary/aromatic N) is 1. The molecule has 1 aromatic rings. The molecule has 0 N–H and O–H groups in total. The molecule has 0 saturated heterocycles. The van der Waals surface area contributed by atoms with Gasteiger partial charge in [-0.05, 0) is 18.6 Å². The van der Waals surface area contributed by atoms with Crippen molar-refractivity contribution in [1.29, 1.82) is 0 Å². The predicted octanol–water partition coefficient (Wildman–Crippen LogP) is 3.28. The van der Waals surface area contributed by atoms with Gasteiger partial charge in [0.2, 0.25) is 5.88 Å². The summed E-state index contributed by atoms with van der Waals surface area (Å²) in [5.74, 6) is 0.656. The Balaban J connectivity index is 2.90. The van der Waals surface area contributed by atoms with E-state index in [0.717, 1.165) is 17.4 Å². The highest BCUT2D eigenvalue weighted by Crippen LogP contribution is 2.13. The van der Waals surface area contributed by atoms with Crippen LogP contribution >= 0.6 is 15.9 Å². The number of hydrogen-bond donors (Lipinski definition) is 0. The summed E-state index contributed by atoms with van der Waals surface area (Å²) >= 11 is 3.44. The van der Waals surface area contributed by atoms with Crippen LogP contribution in [0.3, 0.4) is 0 Å². The van der Waals surface area contributed by atoms with Crippen LogP contribution in [0.4, 0.5) is 0 Å². The zero-order chi connectivity index (χ0) is 10.4. The van der Waals surface area contributed by atoms with Gasteiger partial charge in [0, 0.05) is 11.4 Å². The average Bonchev–Trinajstić information content (AvgIpc) is 2.26. The van der Waals surface area contributed by atoms with Crippen LogP contribution in [0, 0.1) is 0 Å². The van der Waals surface area contributed by atoms with E-state index in [2.05, 4.69) is 33.9 Å². The number of allylic oxidation sites excluding steroid dienone is 1. The smallest absolute Gasteiger partial charge is 0.213 e. The van der Waals surface area contributed by atoms with E-state index >= 15 is 0 Å². The Labute approximate surface area is 93.1 Å². The van der Waals surface area contributed by atoms with Gasteiger partial charge in [-0.15, -0.1) is 0 Å². The maximum absolute atomic E-state index is 5.05. The molecular formula is C11H14BrNO. The molecule has 0 amide bonds. The van der Waals surface area contributed by atoms with Crippen LogP contribution in [0.1, 0.15) is 19.0 Å². The molecule has 0 aliphatic carbocycles. The number of pyridine rings is 1. The first-order valence-corrected chi connectivity index (χ1v) is 5.68. The van der Waals surface area contributed by atoms with Crippen LogP contribution in [0.25, 0.3) is 6.08 Å². The minimum absolute atomic E-state index is 0.656. The summed E-state index contributed by atoms with van der Waals surface area (Å²) < 4.78 is 5.05.